The summed E-state index contributed by atoms with van der Waals surface area (Å²) in [5.41, 5.74) is 0.956. The van der Waals surface area contributed by atoms with Crippen molar-refractivity contribution in [2.45, 2.75) is 38.5 Å². The molecule has 0 aliphatic carbocycles. The van der Waals surface area contributed by atoms with Crippen molar-refractivity contribution in [2.24, 2.45) is 0 Å². The van der Waals surface area contributed by atoms with E-state index in [9.17, 15) is 17.6 Å². The summed E-state index contributed by atoms with van der Waals surface area (Å²) in [4.78, 5) is 15.3. The summed E-state index contributed by atoms with van der Waals surface area (Å²) in [6.07, 6.45) is 0.0202. The van der Waals surface area contributed by atoms with Gasteiger partial charge in [-0.1, -0.05) is 49.4 Å². The van der Waals surface area contributed by atoms with Crippen molar-refractivity contribution >= 4 is 26.5 Å². The van der Waals surface area contributed by atoms with Gasteiger partial charge in [-0.25, -0.2) is 12.8 Å². The molecule has 1 saturated heterocycles. The number of nitrogens with zero attached hydrogens (tertiary/aromatic N) is 1. The maximum Gasteiger partial charge on any atom is 0.264 e. The highest BCUT2D eigenvalue weighted by molar-refractivity contribution is 7.91. The van der Waals surface area contributed by atoms with Crippen LogP contribution in [0.5, 0.6) is 5.75 Å². The Labute approximate surface area is 187 Å². The van der Waals surface area contributed by atoms with Gasteiger partial charge in [0.05, 0.1) is 11.5 Å². The lowest BCUT2D eigenvalue weighted by Crippen LogP contribution is -2.47. The van der Waals surface area contributed by atoms with E-state index in [0.717, 1.165) is 16.3 Å². The Morgan fingerprint density at radius 2 is 1.81 bits per heavy atom. The lowest BCUT2D eigenvalue weighted by molar-refractivity contribution is -0.141. The first-order chi connectivity index (χ1) is 15.4. The van der Waals surface area contributed by atoms with E-state index in [1.165, 1.54) is 24.3 Å². The van der Waals surface area contributed by atoms with Gasteiger partial charge in [-0.15, -0.1) is 0 Å². The lowest BCUT2D eigenvalue weighted by Gasteiger charge is -2.32. The predicted molar refractivity (Wildman–Crippen MR) is 123 cm³/mol. The summed E-state index contributed by atoms with van der Waals surface area (Å²) in [7, 11) is -3.18. The number of hydrogen-bond acceptors (Lipinski definition) is 4. The van der Waals surface area contributed by atoms with Crippen LogP contribution in [0.15, 0.2) is 66.7 Å². The summed E-state index contributed by atoms with van der Waals surface area (Å²) in [5, 5.41) is 2.09. The molecular weight excluding hydrogens is 429 g/mol. The van der Waals surface area contributed by atoms with Crippen LogP contribution >= 0.6 is 0 Å². The van der Waals surface area contributed by atoms with Crippen molar-refractivity contribution < 1.29 is 22.3 Å². The van der Waals surface area contributed by atoms with Crippen molar-refractivity contribution in [1.29, 1.82) is 0 Å². The summed E-state index contributed by atoms with van der Waals surface area (Å²) in [6.45, 7) is 2.14. The first-order valence-corrected chi connectivity index (χ1v) is 12.6. The Hall–Kier alpha value is -2.93. The zero-order valence-electron chi connectivity index (χ0n) is 17.9. The second-order valence-electron chi connectivity index (χ2n) is 8.13. The third kappa shape index (κ3) is 4.93. The number of sulfone groups is 1. The molecule has 4 rings (SSSR count). The minimum atomic E-state index is -3.18. The molecule has 0 bridgehead atoms. The monoisotopic (exact) mass is 455 g/mol. The fraction of sp³-hybridized carbons (Fsp3) is 0.320. The van der Waals surface area contributed by atoms with Crippen molar-refractivity contribution in [2.75, 3.05) is 11.5 Å². The molecule has 0 spiro atoms. The van der Waals surface area contributed by atoms with E-state index in [1.807, 2.05) is 49.4 Å². The number of hydrogen-bond donors (Lipinski definition) is 0. The summed E-state index contributed by atoms with van der Waals surface area (Å²) in [6, 6.07) is 19.0. The Kier molecular flexibility index (Phi) is 6.46. The molecule has 5 nitrogen and oxygen atoms in total. The Morgan fingerprint density at radius 1 is 1.09 bits per heavy atom. The van der Waals surface area contributed by atoms with Crippen LogP contribution in [0.3, 0.4) is 0 Å². The second kappa shape index (κ2) is 9.28. The second-order valence-corrected chi connectivity index (χ2v) is 10.4. The number of halogens is 1. The van der Waals surface area contributed by atoms with E-state index in [4.69, 9.17) is 4.74 Å². The summed E-state index contributed by atoms with van der Waals surface area (Å²) >= 11 is 0. The molecule has 1 fully saturated rings. The average molecular weight is 456 g/mol. The van der Waals surface area contributed by atoms with Gasteiger partial charge in [0.15, 0.2) is 15.9 Å². The largest absolute Gasteiger partial charge is 0.481 e. The van der Waals surface area contributed by atoms with E-state index in [1.54, 1.807) is 4.90 Å². The van der Waals surface area contributed by atoms with Gasteiger partial charge in [0.2, 0.25) is 0 Å². The molecule has 1 heterocycles. The van der Waals surface area contributed by atoms with Crippen LogP contribution in [-0.4, -0.2) is 42.9 Å². The van der Waals surface area contributed by atoms with Crippen molar-refractivity contribution in [3.63, 3.8) is 0 Å². The topological polar surface area (TPSA) is 63.7 Å². The van der Waals surface area contributed by atoms with Gasteiger partial charge in [0.25, 0.3) is 5.91 Å². The molecule has 0 N–H and O–H groups in total. The van der Waals surface area contributed by atoms with E-state index >= 15 is 0 Å². The molecule has 0 unspecified atom stereocenters. The molecule has 3 aromatic carbocycles. The molecule has 0 radical (unpaired) electrons. The standard InChI is InChI=1S/C25H26FNO4S/c1-2-24(31-22-12-10-20(26)11-13-22)25(28)27(21-14-15-32(29,30)17-21)16-19-8-5-7-18-6-3-4-9-23(18)19/h3-13,21,24H,2,14-17H2,1H3/t21-,24-/m0/s1. The molecule has 7 heteroatoms. The number of carbonyl (C=O) groups excluding carboxylic acids is 1. The number of fused-ring (bicyclic) bond motifs is 1. The molecule has 1 aliphatic rings. The molecule has 0 saturated carbocycles. The fourth-order valence-corrected chi connectivity index (χ4v) is 5.92. The maximum absolute atomic E-state index is 13.6. The summed E-state index contributed by atoms with van der Waals surface area (Å²) < 4.78 is 43.5. The first kappa shape index (κ1) is 22.3. The number of carbonyl (C=O) groups is 1. The number of rotatable bonds is 7. The van der Waals surface area contributed by atoms with E-state index < -0.39 is 22.0 Å². The molecule has 0 aromatic heterocycles. The predicted octanol–water partition coefficient (Wildman–Crippen LogP) is 4.35. The van der Waals surface area contributed by atoms with E-state index in [0.29, 0.717) is 25.1 Å². The van der Waals surface area contributed by atoms with Gasteiger partial charge in [0, 0.05) is 12.6 Å². The van der Waals surface area contributed by atoms with Crippen LogP contribution in [0.1, 0.15) is 25.3 Å². The zero-order valence-corrected chi connectivity index (χ0v) is 18.7. The fourth-order valence-electron chi connectivity index (χ4n) is 4.19. The minimum Gasteiger partial charge on any atom is -0.481 e. The van der Waals surface area contributed by atoms with Crippen LogP contribution in [0, 0.1) is 5.82 Å². The van der Waals surface area contributed by atoms with Crippen molar-refractivity contribution in [3.8, 4) is 5.75 Å². The smallest absolute Gasteiger partial charge is 0.264 e. The van der Waals surface area contributed by atoms with Crippen LogP contribution in [0.25, 0.3) is 10.8 Å². The zero-order chi connectivity index (χ0) is 22.7. The third-order valence-electron chi connectivity index (χ3n) is 5.89. The molecule has 2 atom stereocenters. The van der Waals surface area contributed by atoms with Gasteiger partial charge < -0.3 is 9.64 Å². The maximum atomic E-state index is 13.6. The number of benzene rings is 3. The van der Waals surface area contributed by atoms with Gasteiger partial charge in [-0.2, -0.15) is 0 Å². The molecule has 168 valence electrons. The molecular formula is C25H26FNO4S. The van der Waals surface area contributed by atoms with Gasteiger partial charge in [0.1, 0.15) is 11.6 Å². The molecule has 1 amide bonds. The third-order valence-corrected chi connectivity index (χ3v) is 7.64. The van der Waals surface area contributed by atoms with Crippen molar-refractivity contribution in [3.05, 3.63) is 78.1 Å². The number of ether oxygens (including phenoxy) is 1. The van der Waals surface area contributed by atoms with Crippen LogP contribution in [-0.2, 0) is 21.2 Å². The van der Waals surface area contributed by atoms with E-state index in [2.05, 4.69) is 0 Å². The van der Waals surface area contributed by atoms with Crippen molar-refractivity contribution in [1.82, 2.24) is 4.90 Å². The van der Waals surface area contributed by atoms with Crippen LogP contribution in [0.4, 0.5) is 4.39 Å². The highest BCUT2D eigenvalue weighted by Gasteiger charge is 2.37. The lowest BCUT2D eigenvalue weighted by atomic mass is 10.0. The SMILES string of the molecule is CC[C@H](Oc1ccc(F)cc1)C(=O)N(Cc1cccc2ccccc12)[C@H]1CCS(=O)(=O)C1. The minimum absolute atomic E-state index is 0.0452. The van der Waals surface area contributed by atoms with Gasteiger partial charge >= 0.3 is 0 Å². The highest BCUT2D eigenvalue weighted by atomic mass is 32.2. The average Bonchev–Trinajstić information content (AvgIpc) is 3.16. The Balaban J connectivity index is 1.65. The molecule has 32 heavy (non-hydrogen) atoms. The summed E-state index contributed by atoms with van der Waals surface area (Å²) in [5.74, 6) is -0.212. The Morgan fingerprint density at radius 3 is 2.50 bits per heavy atom. The highest BCUT2D eigenvalue weighted by Crippen LogP contribution is 2.26. The molecule has 1 aliphatic heterocycles. The van der Waals surface area contributed by atoms with Crippen LogP contribution in [0.2, 0.25) is 0 Å². The quantitative estimate of drug-likeness (QED) is 0.531. The van der Waals surface area contributed by atoms with Crippen LogP contribution < -0.4 is 4.74 Å². The molecule has 3 aromatic rings. The first-order valence-electron chi connectivity index (χ1n) is 10.8. The van der Waals surface area contributed by atoms with Gasteiger partial charge in [-0.05, 0) is 53.4 Å². The normalized spacial score (nSPS) is 18.4. The Bertz CT molecular complexity index is 1200. The van der Waals surface area contributed by atoms with Gasteiger partial charge in [-0.3, -0.25) is 4.79 Å². The number of amides is 1. The van der Waals surface area contributed by atoms with E-state index in [-0.39, 0.29) is 23.2 Å².